The van der Waals surface area contributed by atoms with Crippen LogP contribution < -0.4 is 0 Å². The summed E-state index contributed by atoms with van der Waals surface area (Å²) in [6.07, 6.45) is -10.6. The molecule has 0 aromatic carbocycles. The first-order valence-corrected chi connectivity index (χ1v) is 6.59. The van der Waals surface area contributed by atoms with Gasteiger partial charge in [0.05, 0.1) is 0 Å². The summed E-state index contributed by atoms with van der Waals surface area (Å²) in [7, 11) is 0. The maximum Gasteiger partial charge on any atom is 0.460 e. The maximum absolute atomic E-state index is 13.4. The van der Waals surface area contributed by atoms with Crippen LogP contribution in [0.4, 0.5) is 65.9 Å². The highest BCUT2D eigenvalue weighted by molar-refractivity contribution is 5.86. The van der Waals surface area contributed by atoms with Gasteiger partial charge in [0.25, 0.3) is 0 Å². The van der Waals surface area contributed by atoms with Crippen molar-refractivity contribution in [3.63, 3.8) is 0 Å². The molecule has 0 fully saturated rings. The van der Waals surface area contributed by atoms with Gasteiger partial charge in [-0.25, -0.2) is 4.79 Å². The molecule has 0 aliphatic heterocycles. The molecule has 0 unspecified atom stereocenters. The normalized spacial score (nSPS) is 16.2. The lowest BCUT2D eigenvalue weighted by Crippen LogP contribution is -2.72. The van der Waals surface area contributed by atoms with E-state index in [2.05, 4.69) is 0 Å². The van der Waals surface area contributed by atoms with E-state index in [1.807, 2.05) is 0 Å². The first-order valence-electron chi connectivity index (χ1n) is 6.59. The van der Waals surface area contributed by atoms with Gasteiger partial charge in [-0.15, -0.1) is 0 Å². The third-order valence-electron chi connectivity index (χ3n) is 3.43. The van der Waals surface area contributed by atoms with Crippen molar-refractivity contribution < 1.29 is 75.8 Å². The van der Waals surface area contributed by atoms with Gasteiger partial charge in [0.15, 0.2) is 0 Å². The van der Waals surface area contributed by atoms with Gasteiger partial charge >= 0.3 is 47.7 Å². The molecule has 0 aliphatic carbocycles. The molecule has 0 aliphatic rings. The van der Waals surface area contributed by atoms with E-state index in [0.29, 0.717) is 6.92 Å². The Morgan fingerprint density at radius 1 is 0.655 bits per heavy atom. The molecule has 17 heteroatoms. The Labute approximate surface area is 150 Å². The predicted octanol–water partition coefficient (Wildman–Crippen LogP) is 5.78. The van der Waals surface area contributed by atoms with Crippen molar-refractivity contribution in [3.05, 3.63) is 11.6 Å². The van der Waals surface area contributed by atoms with Gasteiger partial charge in [0.1, 0.15) is 0 Å². The van der Waals surface area contributed by atoms with Gasteiger partial charge in [0.2, 0.25) is 0 Å². The summed E-state index contributed by atoms with van der Waals surface area (Å²) in [6, 6.07) is 0. The van der Waals surface area contributed by atoms with Gasteiger partial charge in [0, 0.05) is 12.0 Å². The van der Waals surface area contributed by atoms with Gasteiger partial charge in [-0.05, 0) is 6.92 Å². The van der Waals surface area contributed by atoms with Crippen LogP contribution in [0.5, 0.6) is 0 Å². The highest BCUT2D eigenvalue weighted by atomic mass is 19.4. The van der Waals surface area contributed by atoms with Crippen LogP contribution in [0.15, 0.2) is 11.6 Å². The van der Waals surface area contributed by atoms with Crippen molar-refractivity contribution in [2.45, 2.75) is 55.1 Å². The van der Waals surface area contributed by atoms with Crippen LogP contribution in [0.25, 0.3) is 0 Å². The Hall–Kier alpha value is -1.84. The molecule has 0 heterocycles. The average Bonchev–Trinajstić information content (AvgIpc) is 2.50. The van der Waals surface area contributed by atoms with Crippen LogP contribution in [0.3, 0.4) is 0 Å². The Bertz CT molecular complexity index is 659. The smallest absolute Gasteiger partial charge is 0.460 e. The topological polar surface area (TPSA) is 37.3 Å². The molecule has 0 saturated heterocycles. The third-order valence-corrected chi connectivity index (χ3v) is 3.43. The molecule has 29 heavy (non-hydrogen) atoms. The van der Waals surface area contributed by atoms with Crippen LogP contribution in [0, 0.1) is 0 Å². The number of carboxylic acid groups (broad SMARTS) is 1. The number of carboxylic acids is 1. The number of halogens is 15. The van der Waals surface area contributed by atoms with E-state index < -0.39 is 59.7 Å². The minimum atomic E-state index is -8.38. The lowest BCUT2D eigenvalue weighted by Gasteiger charge is -2.41. The number of hydrogen-bond donors (Lipinski definition) is 1. The second-order valence-electron chi connectivity index (χ2n) is 5.37. The average molecular weight is 468 g/mol. The van der Waals surface area contributed by atoms with E-state index in [-0.39, 0.29) is 6.08 Å². The van der Waals surface area contributed by atoms with Crippen LogP contribution in [0.1, 0.15) is 13.3 Å². The van der Waals surface area contributed by atoms with Crippen LogP contribution in [-0.2, 0) is 4.79 Å². The molecule has 172 valence electrons. The quantitative estimate of drug-likeness (QED) is 0.362. The molecule has 0 aromatic rings. The number of aliphatic carboxylic acids is 1. The Kier molecular flexibility index (Phi) is 6.69. The highest BCUT2D eigenvalue weighted by Crippen LogP contribution is 2.62. The van der Waals surface area contributed by atoms with Crippen molar-refractivity contribution in [1.29, 1.82) is 0 Å². The minimum Gasteiger partial charge on any atom is -0.478 e. The Morgan fingerprint density at radius 2 is 0.966 bits per heavy atom. The first kappa shape index (κ1) is 27.2. The van der Waals surface area contributed by atoms with Crippen molar-refractivity contribution in [2.75, 3.05) is 0 Å². The zero-order chi connectivity index (χ0) is 24.1. The van der Waals surface area contributed by atoms with Crippen molar-refractivity contribution in [2.24, 2.45) is 0 Å². The van der Waals surface area contributed by atoms with Crippen LogP contribution >= 0.6 is 0 Å². The summed E-state index contributed by atoms with van der Waals surface area (Å²) in [5.41, 5.74) is -1.82. The second-order valence-corrected chi connectivity index (χ2v) is 5.37. The Morgan fingerprint density at radius 3 is 1.24 bits per heavy atom. The van der Waals surface area contributed by atoms with Crippen LogP contribution in [0.2, 0.25) is 0 Å². The van der Waals surface area contributed by atoms with Crippen molar-refractivity contribution in [1.82, 2.24) is 0 Å². The number of allylic oxidation sites excluding steroid dienone is 1. The predicted molar refractivity (Wildman–Crippen MR) is 61.7 cm³/mol. The van der Waals surface area contributed by atoms with Crippen molar-refractivity contribution in [3.8, 4) is 0 Å². The summed E-state index contributed by atoms with van der Waals surface area (Å²) in [6.45, 7) is 0.572. The van der Waals surface area contributed by atoms with E-state index in [0.717, 1.165) is 0 Å². The molecule has 0 atom stereocenters. The molecule has 0 bridgehead atoms. The van der Waals surface area contributed by atoms with E-state index in [1.54, 1.807) is 0 Å². The summed E-state index contributed by atoms with van der Waals surface area (Å²) in [4.78, 5) is 10.5. The summed E-state index contributed by atoms with van der Waals surface area (Å²) < 4.78 is 193. The molecule has 2 nitrogen and oxygen atoms in total. The molecule has 0 amide bonds. The lowest BCUT2D eigenvalue weighted by molar-refractivity contribution is -0.452. The van der Waals surface area contributed by atoms with E-state index >= 15 is 0 Å². The highest BCUT2D eigenvalue weighted by Gasteiger charge is 2.93. The second kappa shape index (κ2) is 7.14. The van der Waals surface area contributed by atoms with Gasteiger partial charge < -0.3 is 5.11 Å². The number of carbonyl (C=O) groups is 1. The number of rotatable bonds is 8. The fourth-order valence-corrected chi connectivity index (χ4v) is 1.65. The molecular formula is C12H7F15O2. The maximum atomic E-state index is 13.4. The van der Waals surface area contributed by atoms with Gasteiger partial charge in [-0.3, -0.25) is 0 Å². The van der Waals surface area contributed by atoms with Gasteiger partial charge in [-0.1, -0.05) is 6.08 Å². The molecular weight excluding hydrogens is 461 g/mol. The third kappa shape index (κ3) is 3.83. The largest absolute Gasteiger partial charge is 0.478 e. The number of hydrogen-bond acceptors (Lipinski definition) is 1. The minimum absolute atomic E-state index is 0.0923. The molecule has 0 aromatic heterocycles. The van der Waals surface area contributed by atoms with E-state index in [1.165, 1.54) is 0 Å². The van der Waals surface area contributed by atoms with Gasteiger partial charge in [-0.2, -0.15) is 65.9 Å². The standard InChI is InChI=1S/C12H7F15O2/c1-2-4(5(28)29)3-6(13,14)7(15,16)8(17,18)9(19,20)10(21,22)11(23,24)12(25,26)27/h2H,3H2,1H3,(H,28,29). The molecule has 0 saturated carbocycles. The van der Waals surface area contributed by atoms with Crippen molar-refractivity contribution >= 4 is 5.97 Å². The fourth-order valence-electron chi connectivity index (χ4n) is 1.65. The van der Waals surface area contributed by atoms with Crippen LogP contribution in [-0.4, -0.2) is 52.8 Å². The first-order chi connectivity index (χ1) is 12.4. The summed E-state index contributed by atoms with van der Waals surface area (Å²) in [5, 5.41) is 8.36. The zero-order valence-electron chi connectivity index (χ0n) is 13.3. The Balaban J connectivity index is 6.53. The summed E-state index contributed by atoms with van der Waals surface area (Å²) in [5.74, 6) is -49.7. The molecule has 0 rings (SSSR count). The lowest BCUT2D eigenvalue weighted by atomic mass is 9.89. The molecule has 0 spiro atoms. The summed E-state index contributed by atoms with van der Waals surface area (Å²) >= 11 is 0. The molecule has 0 radical (unpaired) electrons. The molecule has 1 N–H and O–H groups in total. The fraction of sp³-hybridized carbons (Fsp3) is 0.750. The number of alkyl halides is 15. The zero-order valence-corrected chi connectivity index (χ0v) is 13.3. The monoisotopic (exact) mass is 468 g/mol. The van der Waals surface area contributed by atoms with E-state index in [4.69, 9.17) is 5.11 Å². The van der Waals surface area contributed by atoms with E-state index in [9.17, 15) is 70.7 Å². The SMILES string of the molecule is CC=C(CC(F)(F)C(F)(F)C(F)(F)C(F)(F)C(F)(F)C(F)(F)C(F)(F)F)C(=O)O.